The Kier molecular flexibility index (Phi) is 12.3. The number of alkyl carbamates (subject to hydrolysis) is 1. The zero-order chi connectivity index (χ0) is 41.4. The van der Waals surface area contributed by atoms with Gasteiger partial charge >= 0.3 is 12.2 Å². The predicted octanol–water partition coefficient (Wildman–Crippen LogP) is 3.55. The Hall–Kier alpha value is -4.51. The highest BCUT2D eigenvalue weighted by molar-refractivity contribution is 7.91. The van der Waals surface area contributed by atoms with Gasteiger partial charge in [-0.2, -0.15) is 0 Å². The van der Waals surface area contributed by atoms with Crippen molar-refractivity contribution in [2.75, 3.05) is 6.54 Å². The molecular weight excluding hydrogens is 750 g/mol. The maximum Gasteiger partial charge on any atom is 0.410 e. The molecule has 56 heavy (non-hydrogen) atoms. The lowest BCUT2D eigenvalue weighted by Gasteiger charge is -2.30. The molecule has 5 rings (SSSR count). The number of halogens is 1. The number of likely N-dealkylation sites (tertiary alicyclic amines) is 1. The van der Waals surface area contributed by atoms with Crippen molar-refractivity contribution in [3.05, 3.63) is 60.0 Å². The van der Waals surface area contributed by atoms with Crippen LogP contribution >= 0.6 is 0 Å². The van der Waals surface area contributed by atoms with Crippen LogP contribution in [0.2, 0.25) is 0 Å². The van der Waals surface area contributed by atoms with Gasteiger partial charge in [-0.15, -0.1) is 6.58 Å². The molecule has 0 aromatic heterocycles. The maximum atomic E-state index is 14.5. The van der Waals surface area contributed by atoms with Crippen molar-refractivity contribution in [1.29, 1.82) is 0 Å². The third-order valence-corrected chi connectivity index (χ3v) is 11.9. The number of hydrogen-bond donors (Lipinski definition) is 4. The van der Waals surface area contributed by atoms with Crippen molar-refractivity contribution in [2.45, 2.75) is 134 Å². The number of benzene rings is 1. The third kappa shape index (κ3) is 10.5. The Morgan fingerprint density at radius 2 is 1.79 bits per heavy atom. The van der Waals surface area contributed by atoms with Crippen LogP contribution in [-0.2, 0) is 47.0 Å². The predicted molar refractivity (Wildman–Crippen MR) is 202 cm³/mol. The largest absolute Gasteiger partial charge is 0.444 e. The van der Waals surface area contributed by atoms with Gasteiger partial charge in [0.2, 0.25) is 21.8 Å². The lowest BCUT2D eigenvalue weighted by Crippen LogP contribution is -2.58. The van der Waals surface area contributed by atoms with E-state index in [1.54, 1.807) is 39.0 Å². The summed E-state index contributed by atoms with van der Waals surface area (Å²) in [6.07, 6.45) is 1.71. The molecule has 2 aliphatic carbocycles. The maximum absolute atomic E-state index is 14.5. The third-order valence-electron chi connectivity index (χ3n) is 10.1. The lowest BCUT2D eigenvalue weighted by molar-refractivity contribution is -0.141. The van der Waals surface area contributed by atoms with E-state index in [4.69, 9.17) is 9.47 Å². The van der Waals surface area contributed by atoms with Gasteiger partial charge in [-0.05, 0) is 69.9 Å². The number of carbonyl (C=O) groups is 5. The van der Waals surface area contributed by atoms with Crippen LogP contribution in [0, 0.1) is 17.2 Å². The van der Waals surface area contributed by atoms with Crippen LogP contribution < -0.4 is 15.4 Å². The van der Waals surface area contributed by atoms with Crippen LogP contribution in [0.15, 0.2) is 43.0 Å². The molecule has 4 aliphatic rings. The average Bonchev–Trinajstić information content (AvgIpc) is 3.98. The normalized spacial score (nSPS) is 24.5. The Morgan fingerprint density at radius 1 is 1.09 bits per heavy atom. The number of nitrogens with one attached hydrogen (secondary N) is 3. The summed E-state index contributed by atoms with van der Waals surface area (Å²) in [6, 6.07) is 1.87. The standard InChI is InChI=1S/C39H54FN5O10S/c1-8-24-19-39(24,34(49)43-56(52,53)27-13-14-27)42-32(47)31-18-26(54-36(51)44-20-23-10-9-11-29(40)28(23)22-44)21-45(31)33(48)30(41-35(50)55-38(5,6)7)15-12-25(46)16-17-37(2,3)4/h8-11,16-17,24-27,30-31,46H,1,12-15,18-22H2,2-7H3,(H,41,50)(H,42,47)(H,43,49)/b17-16+/t24?,25?,26-,30?,31+,39-/m1/s1. The summed E-state index contributed by atoms with van der Waals surface area (Å²) in [5.74, 6) is -3.57. The highest BCUT2D eigenvalue weighted by atomic mass is 32.2. The molecule has 0 bridgehead atoms. The number of rotatable bonds is 13. The number of hydrogen-bond acceptors (Lipinski definition) is 10. The van der Waals surface area contributed by atoms with Gasteiger partial charge in [-0.3, -0.25) is 24.0 Å². The second-order valence-electron chi connectivity index (χ2n) is 17.2. The monoisotopic (exact) mass is 803 g/mol. The van der Waals surface area contributed by atoms with E-state index in [2.05, 4.69) is 21.9 Å². The fourth-order valence-corrected chi connectivity index (χ4v) is 8.23. The number of sulfonamides is 1. The Morgan fingerprint density at radius 3 is 2.38 bits per heavy atom. The van der Waals surface area contributed by atoms with Gasteiger partial charge < -0.3 is 30.1 Å². The molecular formula is C39H54FN5O10S. The van der Waals surface area contributed by atoms with Crippen LogP contribution in [0.5, 0.6) is 0 Å². The molecule has 6 atom stereocenters. The quantitative estimate of drug-likeness (QED) is 0.214. The van der Waals surface area contributed by atoms with Crippen molar-refractivity contribution >= 4 is 39.9 Å². The molecule has 1 aromatic rings. The van der Waals surface area contributed by atoms with Gasteiger partial charge in [0.1, 0.15) is 35.1 Å². The smallest absolute Gasteiger partial charge is 0.410 e. The van der Waals surface area contributed by atoms with Gasteiger partial charge in [0.05, 0.1) is 24.4 Å². The Bertz CT molecular complexity index is 1870. The van der Waals surface area contributed by atoms with Crippen molar-refractivity contribution in [1.82, 2.24) is 25.2 Å². The number of aliphatic hydroxyl groups is 1. The highest BCUT2D eigenvalue weighted by Gasteiger charge is 2.62. The number of ether oxygens (including phenoxy) is 2. The molecule has 15 nitrogen and oxygen atoms in total. The molecule has 2 saturated carbocycles. The van der Waals surface area contributed by atoms with E-state index in [1.165, 1.54) is 17.0 Å². The molecule has 4 N–H and O–H groups in total. The van der Waals surface area contributed by atoms with E-state index in [9.17, 15) is 41.9 Å². The Labute approximate surface area is 327 Å². The summed E-state index contributed by atoms with van der Waals surface area (Å²) in [4.78, 5) is 71.0. The molecule has 17 heteroatoms. The molecule has 308 valence electrons. The van der Waals surface area contributed by atoms with Crippen LogP contribution in [0.3, 0.4) is 0 Å². The first-order valence-electron chi connectivity index (χ1n) is 18.9. The molecule has 2 heterocycles. The lowest BCUT2D eigenvalue weighted by atomic mass is 9.95. The van der Waals surface area contributed by atoms with E-state index < -0.39 is 92.3 Å². The summed E-state index contributed by atoms with van der Waals surface area (Å²) in [5, 5.41) is 15.3. The molecule has 1 aromatic carbocycles. The van der Waals surface area contributed by atoms with E-state index >= 15 is 0 Å². The van der Waals surface area contributed by atoms with Crippen LogP contribution in [-0.4, -0.2) is 100 Å². The first kappa shape index (κ1) is 42.6. The average molecular weight is 804 g/mol. The number of amides is 5. The van der Waals surface area contributed by atoms with Crippen molar-refractivity contribution in [2.24, 2.45) is 11.3 Å². The van der Waals surface area contributed by atoms with Gasteiger partial charge in [-0.25, -0.2) is 22.4 Å². The second-order valence-corrected chi connectivity index (χ2v) is 19.2. The second kappa shape index (κ2) is 16.2. The zero-order valence-corrected chi connectivity index (χ0v) is 33.6. The topological polar surface area (TPSA) is 201 Å². The molecule has 3 fully saturated rings. The molecule has 0 radical (unpaired) electrons. The zero-order valence-electron chi connectivity index (χ0n) is 32.8. The van der Waals surface area contributed by atoms with E-state index in [-0.39, 0.29) is 50.7 Å². The van der Waals surface area contributed by atoms with E-state index in [1.807, 2.05) is 26.8 Å². The fourth-order valence-electron chi connectivity index (χ4n) is 6.86. The Balaban J connectivity index is 1.39. The minimum atomic E-state index is -3.97. The summed E-state index contributed by atoms with van der Waals surface area (Å²) in [5.41, 5.74) is -1.84. The number of allylic oxidation sites excluding steroid dienone is 1. The van der Waals surface area contributed by atoms with Crippen LogP contribution in [0.4, 0.5) is 14.0 Å². The van der Waals surface area contributed by atoms with E-state index in [0.29, 0.717) is 24.0 Å². The van der Waals surface area contributed by atoms with Crippen molar-refractivity contribution < 1.29 is 51.4 Å². The first-order chi connectivity index (χ1) is 26.0. The molecule has 0 spiro atoms. The number of nitrogens with zero attached hydrogens (tertiary/aromatic N) is 2. The minimum absolute atomic E-state index is 0.0355. The summed E-state index contributed by atoms with van der Waals surface area (Å²) < 4.78 is 53.2. The molecule has 2 aliphatic heterocycles. The molecule has 5 amide bonds. The summed E-state index contributed by atoms with van der Waals surface area (Å²) in [6.45, 7) is 14.3. The fraction of sp³-hybridized carbons (Fsp3) is 0.615. The molecule has 1 saturated heterocycles. The van der Waals surface area contributed by atoms with Gasteiger partial charge in [0.25, 0.3) is 5.91 Å². The van der Waals surface area contributed by atoms with Crippen molar-refractivity contribution in [3.8, 4) is 0 Å². The van der Waals surface area contributed by atoms with Crippen LogP contribution in [0.1, 0.15) is 91.2 Å². The number of carbonyl (C=O) groups excluding carboxylic acids is 5. The van der Waals surface area contributed by atoms with Crippen molar-refractivity contribution in [3.63, 3.8) is 0 Å². The summed E-state index contributed by atoms with van der Waals surface area (Å²) in [7, 11) is -3.97. The molecule has 3 unspecified atom stereocenters. The van der Waals surface area contributed by atoms with Crippen LogP contribution in [0.25, 0.3) is 0 Å². The SMILES string of the molecule is C=CC1C[C@]1(NC(=O)[C@@H]1C[C@@H](OC(=O)N2Cc3cccc(F)c3C2)CN1C(=O)C(CCC(O)/C=C/C(C)(C)C)NC(=O)OC(C)(C)C)C(=O)NS(=O)(=O)C1CC1. The van der Waals surface area contributed by atoms with Gasteiger partial charge in [0.15, 0.2) is 0 Å². The first-order valence-corrected chi connectivity index (χ1v) is 20.5. The number of fused-ring (bicyclic) bond motifs is 1. The summed E-state index contributed by atoms with van der Waals surface area (Å²) >= 11 is 0. The minimum Gasteiger partial charge on any atom is -0.444 e. The van der Waals surface area contributed by atoms with Gasteiger partial charge in [-0.1, -0.05) is 51.1 Å². The number of aliphatic hydroxyl groups excluding tert-OH is 1. The highest BCUT2D eigenvalue weighted by Crippen LogP contribution is 2.45. The van der Waals surface area contributed by atoms with Gasteiger partial charge in [0, 0.05) is 24.4 Å². The van der Waals surface area contributed by atoms with E-state index in [0.717, 1.165) is 4.90 Å².